The van der Waals surface area contributed by atoms with Gasteiger partial charge in [0.2, 0.25) is 11.8 Å². The van der Waals surface area contributed by atoms with Crippen LogP contribution in [0.25, 0.3) is 10.9 Å². The first kappa shape index (κ1) is 19.2. The topological polar surface area (TPSA) is 54.3 Å². The van der Waals surface area contributed by atoms with Gasteiger partial charge in [-0.15, -0.1) is 0 Å². The van der Waals surface area contributed by atoms with Crippen molar-refractivity contribution in [1.29, 1.82) is 0 Å². The fraction of sp³-hybridized carbons (Fsp3) is 0.455. The summed E-state index contributed by atoms with van der Waals surface area (Å²) in [6, 6.07) is 10.5. The lowest BCUT2D eigenvalue weighted by Gasteiger charge is -2.40. The Morgan fingerprint density at radius 1 is 1.33 bits per heavy atom. The summed E-state index contributed by atoms with van der Waals surface area (Å²) in [5.74, 6) is 0.433. The molecule has 2 heterocycles. The second kappa shape index (κ2) is 8.42. The van der Waals surface area contributed by atoms with E-state index in [9.17, 15) is 9.59 Å². The van der Waals surface area contributed by atoms with Gasteiger partial charge < -0.3 is 14.8 Å². The number of carbonyl (C=O) groups excluding carboxylic acids is 2. The maximum absolute atomic E-state index is 13.2. The Kier molecular flexibility index (Phi) is 5.99. The standard InChI is InChI=1S/C22H29N3O2/c1-4-21(26)23-12-11-19-16(2)8-7-13-24(19)22(27)15-25-17(3)14-18-9-5-6-10-20(18)25/h4-6,9-10,14,16,19H,1,7-8,11-13,15H2,2-3H3,(H,23,26). The summed E-state index contributed by atoms with van der Waals surface area (Å²) in [7, 11) is 0. The van der Waals surface area contributed by atoms with Crippen molar-refractivity contribution < 1.29 is 9.59 Å². The number of carbonyl (C=O) groups is 2. The van der Waals surface area contributed by atoms with E-state index in [1.54, 1.807) is 0 Å². The number of nitrogens with one attached hydrogen (secondary N) is 1. The first-order valence-electron chi connectivity index (χ1n) is 9.76. The molecular weight excluding hydrogens is 338 g/mol. The van der Waals surface area contributed by atoms with Crippen LogP contribution < -0.4 is 5.32 Å². The third-order valence-electron chi connectivity index (χ3n) is 5.67. The molecule has 27 heavy (non-hydrogen) atoms. The molecule has 5 heteroatoms. The Morgan fingerprint density at radius 3 is 2.89 bits per heavy atom. The zero-order chi connectivity index (χ0) is 19.4. The van der Waals surface area contributed by atoms with Crippen molar-refractivity contribution in [2.75, 3.05) is 13.1 Å². The Labute approximate surface area is 161 Å². The molecule has 0 saturated carbocycles. The van der Waals surface area contributed by atoms with Gasteiger partial charge in [-0.2, -0.15) is 0 Å². The largest absolute Gasteiger partial charge is 0.352 e. The van der Waals surface area contributed by atoms with Crippen LogP contribution in [-0.2, 0) is 16.1 Å². The monoisotopic (exact) mass is 367 g/mol. The minimum Gasteiger partial charge on any atom is -0.352 e. The van der Waals surface area contributed by atoms with E-state index >= 15 is 0 Å². The number of hydrogen-bond acceptors (Lipinski definition) is 2. The lowest BCUT2D eigenvalue weighted by atomic mass is 9.88. The van der Waals surface area contributed by atoms with Crippen LogP contribution in [0.4, 0.5) is 0 Å². The molecule has 1 fully saturated rings. The molecule has 1 aromatic carbocycles. The highest BCUT2D eigenvalue weighted by atomic mass is 16.2. The van der Waals surface area contributed by atoms with Gasteiger partial charge >= 0.3 is 0 Å². The highest BCUT2D eigenvalue weighted by molar-refractivity contribution is 5.87. The van der Waals surface area contributed by atoms with Gasteiger partial charge in [0.25, 0.3) is 0 Å². The molecule has 1 aromatic heterocycles. The second-order valence-corrected chi connectivity index (χ2v) is 7.49. The predicted molar refractivity (Wildman–Crippen MR) is 108 cm³/mol. The third-order valence-corrected chi connectivity index (χ3v) is 5.67. The summed E-state index contributed by atoms with van der Waals surface area (Å²) >= 11 is 0. The molecule has 2 aromatic rings. The Bertz CT molecular complexity index is 839. The Morgan fingerprint density at radius 2 is 2.11 bits per heavy atom. The van der Waals surface area contributed by atoms with Crippen molar-refractivity contribution in [3.05, 3.63) is 48.7 Å². The zero-order valence-corrected chi connectivity index (χ0v) is 16.3. The van der Waals surface area contributed by atoms with Crippen molar-refractivity contribution in [3.8, 4) is 0 Å². The second-order valence-electron chi connectivity index (χ2n) is 7.49. The number of para-hydroxylation sites is 1. The van der Waals surface area contributed by atoms with Gasteiger partial charge in [0.15, 0.2) is 0 Å². The molecule has 3 rings (SSSR count). The molecule has 1 N–H and O–H groups in total. The van der Waals surface area contributed by atoms with Gasteiger partial charge in [0.05, 0.1) is 0 Å². The van der Waals surface area contributed by atoms with Gasteiger partial charge in [-0.1, -0.05) is 31.7 Å². The first-order chi connectivity index (χ1) is 13.0. The van der Waals surface area contributed by atoms with Gasteiger partial charge in [-0.25, -0.2) is 0 Å². The fourth-order valence-electron chi connectivity index (χ4n) is 4.20. The molecule has 2 amide bonds. The van der Waals surface area contributed by atoms with Crippen LogP contribution in [0.1, 0.15) is 31.9 Å². The number of benzene rings is 1. The van der Waals surface area contributed by atoms with Crippen LogP contribution in [0.15, 0.2) is 43.0 Å². The van der Waals surface area contributed by atoms with Crippen LogP contribution in [0.2, 0.25) is 0 Å². The number of rotatable bonds is 6. The van der Waals surface area contributed by atoms with Crippen LogP contribution in [0.5, 0.6) is 0 Å². The minimum absolute atomic E-state index is 0.158. The van der Waals surface area contributed by atoms with E-state index < -0.39 is 0 Å². The summed E-state index contributed by atoms with van der Waals surface area (Å²) in [6.07, 6.45) is 4.22. The molecule has 1 saturated heterocycles. The predicted octanol–water partition coefficient (Wildman–Crippen LogP) is 3.27. The molecule has 1 aliphatic heterocycles. The first-order valence-corrected chi connectivity index (χ1v) is 9.76. The summed E-state index contributed by atoms with van der Waals surface area (Å²) in [5, 5.41) is 4.00. The minimum atomic E-state index is -0.161. The number of nitrogens with zero attached hydrogens (tertiary/aromatic N) is 2. The normalized spacial score (nSPS) is 19.9. The van der Waals surface area contributed by atoms with Crippen LogP contribution >= 0.6 is 0 Å². The average molecular weight is 367 g/mol. The fourth-order valence-corrected chi connectivity index (χ4v) is 4.20. The van der Waals surface area contributed by atoms with E-state index in [4.69, 9.17) is 0 Å². The SMILES string of the molecule is C=CC(=O)NCCC1C(C)CCCN1C(=O)Cn1c(C)cc2ccccc21. The van der Waals surface area contributed by atoms with Crippen LogP contribution in [-0.4, -0.2) is 40.4 Å². The van der Waals surface area contributed by atoms with E-state index in [-0.39, 0.29) is 17.9 Å². The number of aryl methyl sites for hydroxylation is 1. The highest BCUT2D eigenvalue weighted by Crippen LogP contribution is 2.27. The van der Waals surface area contributed by atoms with Crippen molar-refractivity contribution in [2.24, 2.45) is 5.92 Å². The maximum atomic E-state index is 13.2. The molecule has 144 valence electrons. The molecule has 0 bridgehead atoms. The number of hydrogen-bond donors (Lipinski definition) is 1. The summed E-state index contributed by atoms with van der Waals surface area (Å²) < 4.78 is 2.10. The average Bonchev–Trinajstić information content (AvgIpc) is 2.98. The summed E-state index contributed by atoms with van der Waals surface area (Å²) in [4.78, 5) is 26.6. The zero-order valence-electron chi connectivity index (χ0n) is 16.3. The number of likely N-dealkylation sites (tertiary alicyclic amines) is 1. The van der Waals surface area contributed by atoms with E-state index in [1.165, 1.54) is 11.5 Å². The quantitative estimate of drug-likeness (QED) is 0.797. The number of amides is 2. The molecule has 0 radical (unpaired) electrons. The molecule has 2 unspecified atom stereocenters. The third kappa shape index (κ3) is 4.24. The van der Waals surface area contributed by atoms with Crippen molar-refractivity contribution in [3.63, 3.8) is 0 Å². The Hall–Kier alpha value is -2.56. The molecular formula is C22H29N3O2. The lowest BCUT2D eigenvalue weighted by molar-refractivity contribution is -0.137. The number of fused-ring (bicyclic) bond motifs is 1. The molecule has 0 spiro atoms. The van der Waals surface area contributed by atoms with Gasteiger partial charge in [-0.3, -0.25) is 9.59 Å². The van der Waals surface area contributed by atoms with Crippen molar-refractivity contribution in [1.82, 2.24) is 14.8 Å². The molecule has 1 aliphatic rings. The van der Waals surface area contributed by atoms with Crippen molar-refractivity contribution >= 4 is 22.7 Å². The maximum Gasteiger partial charge on any atom is 0.243 e. The smallest absolute Gasteiger partial charge is 0.243 e. The molecule has 2 atom stereocenters. The van der Waals surface area contributed by atoms with E-state index in [1.807, 2.05) is 17.0 Å². The summed E-state index contributed by atoms with van der Waals surface area (Å²) in [6.45, 7) is 9.45. The number of aromatic nitrogens is 1. The van der Waals surface area contributed by atoms with E-state index in [0.29, 0.717) is 19.0 Å². The van der Waals surface area contributed by atoms with Crippen molar-refractivity contribution in [2.45, 2.75) is 45.7 Å². The van der Waals surface area contributed by atoms with Crippen LogP contribution in [0.3, 0.4) is 0 Å². The van der Waals surface area contributed by atoms with E-state index in [0.717, 1.165) is 37.0 Å². The molecule has 0 aliphatic carbocycles. The Balaban J connectivity index is 1.73. The summed E-state index contributed by atoms with van der Waals surface area (Å²) in [5.41, 5.74) is 2.20. The van der Waals surface area contributed by atoms with Crippen LogP contribution in [0, 0.1) is 12.8 Å². The lowest BCUT2D eigenvalue weighted by Crippen LogP contribution is -2.50. The number of piperidine rings is 1. The van der Waals surface area contributed by atoms with Gasteiger partial charge in [0.1, 0.15) is 6.54 Å². The van der Waals surface area contributed by atoms with Gasteiger partial charge in [-0.05, 0) is 55.7 Å². The van der Waals surface area contributed by atoms with E-state index in [2.05, 4.69) is 48.5 Å². The molecule has 5 nitrogen and oxygen atoms in total. The van der Waals surface area contributed by atoms with Gasteiger partial charge in [0, 0.05) is 30.3 Å². The highest BCUT2D eigenvalue weighted by Gasteiger charge is 2.31.